The van der Waals surface area contributed by atoms with Gasteiger partial charge >= 0.3 is 17.9 Å². The summed E-state index contributed by atoms with van der Waals surface area (Å²) < 4.78 is 13.4. The largest absolute Gasteiger partial charge is 0.464 e. The van der Waals surface area contributed by atoms with Crippen LogP contribution in [0.5, 0.6) is 5.88 Å². The fourth-order valence-electron chi connectivity index (χ4n) is 1.08. The summed E-state index contributed by atoms with van der Waals surface area (Å²) in [6, 6.07) is -0.954. The number of nitrogens with one attached hydrogen (secondary N) is 1. The second-order valence-electron chi connectivity index (χ2n) is 3.35. The molecule has 106 valence electrons. The van der Waals surface area contributed by atoms with E-state index in [0.29, 0.717) is 0 Å². The lowest BCUT2D eigenvalue weighted by Gasteiger charge is -2.11. The second kappa shape index (κ2) is 6.54. The van der Waals surface area contributed by atoms with E-state index in [1.165, 1.54) is 6.92 Å². The lowest BCUT2D eigenvalue weighted by molar-refractivity contribution is -0.804. The van der Waals surface area contributed by atoms with E-state index in [9.17, 15) is 14.8 Å². The zero-order valence-corrected chi connectivity index (χ0v) is 10.3. The van der Waals surface area contributed by atoms with Crippen molar-refractivity contribution in [2.45, 2.75) is 26.5 Å². The van der Waals surface area contributed by atoms with Crippen molar-refractivity contribution in [3.63, 3.8) is 0 Å². The molecule has 0 aliphatic rings. The third kappa shape index (κ3) is 3.81. The van der Waals surface area contributed by atoms with Crippen LogP contribution in [0.4, 0.5) is 4.79 Å². The molecule has 0 aromatic carbocycles. The highest BCUT2D eigenvalue weighted by Crippen LogP contribution is 2.10. The number of carbonyl (C=O) groups excluding carboxylic acids is 2. The predicted octanol–water partition coefficient (Wildman–Crippen LogP) is -1.16. The smallest absolute Gasteiger partial charge is 0.416 e. The first-order chi connectivity index (χ1) is 8.99. The topological polar surface area (TPSA) is 138 Å². The van der Waals surface area contributed by atoms with Crippen molar-refractivity contribution in [3.05, 3.63) is 10.9 Å². The first kappa shape index (κ1) is 14.7. The van der Waals surface area contributed by atoms with Gasteiger partial charge in [-0.15, -0.1) is 0 Å². The van der Waals surface area contributed by atoms with Gasteiger partial charge in [0, 0.05) is 5.16 Å². The van der Waals surface area contributed by atoms with Crippen molar-refractivity contribution in [2.75, 3.05) is 6.61 Å². The van der Waals surface area contributed by atoms with Crippen molar-refractivity contribution in [2.24, 2.45) is 0 Å². The minimum atomic E-state index is -1.08. The number of esters is 1. The number of amides is 1. The van der Waals surface area contributed by atoms with Crippen LogP contribution < -0.4 is 15.0 Å². The Balaban J connectivity index is 2.60. The number of carbonyl (C=O) groups is 2. The molecule has 2 N–H and O–H groups in total. The summed E-state index contributed by atoms with van der Waals surface area (Å²) in [5, 5.41) is 25.2. The Morgan fingerprint density at radius 2 is 2.32 bits per heavy atom. The van der Waals surface area contributed by atoms with Gasteiger partial charge in [0.2, 0.25) is 0 Å². The van der Waals surface area contributed by atoms with Gasteiger partial charge in [-0.2, -0.15) is 0 Å². The molecule has 1 rings (SSSR count). The fraction of sp³-hybridized carbons (Fsp3) is 0.556. The quantitative estimate of drug-likeness (QED) is 0.507. The van der Waals surface area contributed by atoms with Gasteiger partial charge in [0.05, 0.1) is 6.61 Å². The molecule has 1 aromatic heterocycles. The van der Waals surface area contributed by atoms with Crippen LogP contribution in [0, 0.1) is 5.21 Å². The van der Waals surface area contributed by atoms with Crippen molar-refractivity contribution in [1.29, 1.82) is 0 Å². The van der Waals surface area contributed by atoms with Gasteiger partial charge < -0.3 is 25.1 Å². The summed E-state index contributed by atoms with van der Waals surface area (Å²) in [5.41, 5.74) is -0.242. The zero-order valence-electron chi connectivity index (χ0n) is 10.3. The standard InChI is InChI=1S/C9H13N3O7/c1-3-17-8(14)5(2)10-9(15)18-7-6(4-13)11-19-12(7)16/h5,13H,3-4H2,1-2H3,(H,10,15). The van der Waals surface area contributed by atoms with E-state index in [1.807, 2.05) is 0 Å². The number of ether oxygens (including phenoxy) is 2. The number of hydrogen-bond acceptors (Lipinski definition) is 8. The molecular formula is C9H13N3O7. The Hall–Kier alpha value is -2.36. The van der Waals surface area contributed by atoms with Gasteiger partial charge in [0.25, 0.3) is 5.69 Å². The molecule has 1 amide bonds. The van der Waals surface area contributed by atoms with E-state index in [-0.39, 0.29) is 17.2 Å². The third-order valence-electron chi connectivity index (χ3n) is 1.95. The zero-order chi connectivity index (χ0) is 14.4. The molecule has 19 heavy (non-hydrogen) atoms. The molecule has 0 bridgehead atoms. The Labute approximate surface area is 107 Å². The highest BCUT2D eigenvalue weighted by molar-refractivity contribution is 5.81. The van der Waals surface area contributed by atoms with Crippen molar-refractivity contribution in [1.82, 2.24) is 10.5 Å². The van der Waals surface area contributed by atoms with Crippen LogP contribution >= 0.6 is 0 Å². The lowest BCUT2D eigenvalue weighted by atomic mass is 10.3. The second-order valence-corrected chi connectivity index (χ2v) is 3.35. The highest BCUT2D eigenvalue weighted by atomic mass is 16.8. The average Bonchev–Trinajstić information content (AvgIpc) is 2.70. The molecule has 1 unspecified atom stereocenters. The highest BCUT2D eigenvalue weighted by Gasteiger charge is 2.25. The SMILES string of the molecule is CCOC(=O)C(C)NC(=O)Oc1c(CO)no[n+]1[O-]. The summed E-state index contributed by atoms with van der Waals surface area (Å²) in [5.74, 6) is -1.25. The van der Waals surface area contributed by atoms with E-state index in [4.69, 9.17) is 5.11 Å². The van der Waals surface area contributed by atoms with Crippen LogP contribution in [0.25, 0.3) is 0 Å². The summed E-state index contributed by atoms with van der Waals surface area (Å²) in [6.07, 6.45) is -1.08. The summed E-state index contributed by atoms with van der Waals surface area (Å²) in [7, 11) is 0. The molecule has 0 aliphatic carbocycles. The molecule has 10 heteroatoms. The number of nitrogens with zero attached hydrogens (tertiary/aromatic N) is 2. The Morgan fingerprint density at radius 1 is 1.63 bits per heavy atom. The Morgan fingerprint density at radius 3 is 2.89 bits per heavy atom. The van der Waals surface area contributed by atoms with E-state index >= 15 is 0 Å². The molecule has 1 heterocycles. The van der Waals surface area contributed by atoms with E-state index in [0.717, 1.165) is 0 Å². The Kier molecular flexibility index (Phi) is 5.06. The van der Waals surface area contributed by atoms with Crippen molar-refractivity contribution >= 4 is 12.1 Å². The molecule has 0 spiro atoms. The van der Waals surface area contributed by atoms with Crippen LogP contribution in [0.3, 0.4) is 0 Å². The molecule has 0 saturated heterocycles. The predicted molar refractivity (Wildman–Crippen MR) is 56.6 cm³/mol. The van der Waals surface area contributed by atoms with Crippen LogP contribution in [0.1, 0.15) is 19.5 Å². The summed E-state index contributed by atoms with van der Waals surface area (Å²) in [6.45, 7) is 2.52. The molecule has 0 saturated carbocycles. The monoisotopic (exact) mass is 275 g/mol. The van der Waals surface area contributed by atoms with E-state index in [1.54, 1.807) is 6.92 Å². The molecule has 0 aliphatic heterocycles. The number of aliphatic hydroxyl groups is 1. The molecule has 0 fully saturated rings. The summed E-state index contributed by atoms with van der Waals surface area (Å²) in [4.78, 5) is 22.5. The minimum absolute atomic E-state index is 0.167. The molecule has 1 aromatic rings. The third-order valence-corrected chi connectivity index (χ3v) is 1.95. The molecular weight excluding hydrogens is 262 g/mol. The van der Waals surface area contributed by atoms with Gasteiger partial charge in [0.15, 0.2) is 0 Å². The molecule has 1 atom stereocenters. The number of aliphatic hydroxyl groups excluding tert-OH is 1. The maximum atomic E-state index is 11.4. The van der Waals surface area contributed by atoms with Crippen molar-refractivity contribution in [3.8, 4) is 5.88 Å². The number of aromatic nitrogens is 2. The van der Waals surface area contributed by atoms with Crippen molar-refractivity contribution < 1.29 is 33.7 Å². The number of rotatable bonds is 5. The first-order valence-electron chi connectivity index (χ1n) is 5.34. The summed E-state index contributed by atoms with van der Waals surface area (Å²) >= 11 is 0. The van der Waals surface area contributed by atoms with E-state index < -0.39 is 30.6 Å². The number of hydrogen-bond donors (Lipinski definition) is 2. The van der Waals surface area contributed by atoms with Crippen LogP contribution in [-0.4, -0.2) is 35.0 Å². The van der Waals surface area contributed by atoms with Gasteiger partial charge in [-0.25, -0.2) is 9.59 Å². The minimum Gasteiger partial charge on any atom is -0.464 e. The van der Waals surface area contributed by atoms with Gasteiger partial charge in [-0.3, -0.25) is 4.63 Å². The van der Waals surface area contributed by atoms with Crippen LogP contribution in [-0.2, 0) is 16.1 Å². The van der Waals surface area contributed by atoms with Gasteiger partial charge in [-0.1, -0.05) is 0 Å². The molecule has 0 radical (unpaired) electrons. The van der Waals surface area contributed by atoms with Gasteiger partial charge in [-0.05, 0) is 18.8 Å². The Bertz CT molecular complexity index is 459. The van der Waals surface area contributed by atoms with Crippen LogP contribution in [0.15, 0.2) is 4.63 Å². The average molecular weight is 275 g/mol. The van der Waals surface area contributed by atoms with E-state index in [2.05, 4.69) is 24.6 Å². The van der Waals surface area contributed by atoms with Gasteiger partial charge in [0.1, 0.15) is 12.6 Å². The fourth-order valence-corrected chi connectivity index (χ4v) is 1.08. The molecule has 10 nitrogen and oxygen atoms in total. The maximum absolute atomic E-state index is 11.4. The maximum Gasteiger partial charge on any atom is 0.416 e. The van der Waals surface area contributed by atoms with Crippen LogP contribution in [0.2, 0.25) is 0 Å². The normalized spacial score (nSPS) is 11.7. The first-order valence-corrected chi connectivity index (χ1v) is 5.34. The lowest BCUT2D eigenvalue weighted by Crippen LogP contribution is -2.42.